The van der Waals surface area contributed by atoms with E-state index in [9.17, 15) is 18.4 Å². The van der Waals surface area contributed by atoms with Crippen molar-refractivity contribution in [3.05, 3.63) is 71.3 Å². The van der Waals surface area contributed by atoms with Gasteiger partial charge in [0.25, 0.3) is 0 Å². The molecule has 1 aromatic carbocycles. The summed E-state index contributed by atoms with van der Waals surface area (Å²) in [4.78, 5) is 17.9. The van der Waals surface area contributed by atoms with Gasteiger partial charge < -0.3 is 15.2 Å². The average molecular weight is 521 g/mol. The van der Waals surface area contributed by atoms with Crippen LogP contribution in [0.3, 0.4) is 0 Å². The Morgan fingerprint density at radius 2 is 1.82 bits per heavy atom. The molecule has 0 bridgehead atoms. The molecule has 2 atom stereocenters. The number of fused-ring (bicyclic) bond motifs is 1. The Morgan fingerprint density at radius 1 is 1.05 bits per heavy atom. The third kappa shape index (κ3) is 5.25. The van der Waals surface area contributed by atoms with Crippen molar-refractivity contribution in [2.24, 2.45) is 5.92 Å². The Kier molecular flexibility index (Phi) is 6.89. The van der Waals surface area contributed by atoms with Gasteiger partial charge in [0.15, 0.2) is 11.5 Å². The summed E-state index contributed by atoms with van der Waals surface area (Å²) in [5.41, 5.74) is 1.63. The van der Waals surface area contributed by atoms with Gasteiger partial charge in [-0.25, -0.2) is 0 Å². The molecular weight excluding hydrogens is 493 g/mol. The maximum atomic E-state index is 13.1. The lowest BCUT2D eigenvalue weighted by atomic mass is 9.80. The average Bonchev–Trinajstić information content (AvgIpc) is 3.19. The number of halogens is 3. The first-order chi connectivity index (χ1) is 18.2. The Hall–Kier alpha value is -4.20. The van der Waals surface area contributed by atoms with Crippen LogP contribution in [0.4, 0.5) is 24.9 Å². The molecular formula is C27H27F3N8. The zero-order valence-corrected chi connectivity index (χ0v) is 21.0. The molecule has 1 unspecified atom stereocenters. The Bertz CT molecular complexity index is 1450. The second-order valence-corrected chi connectivity index (χ2v) is 9.64. The number of imidazole rings is 1. The highest BCUT2D eigenvalue weighted by atomic mass is 19.4. The zero-order chi connectivity index (χ0) is 26.9. The lowest BCUT2D eigenvalue weighted by molar-refractivity contribution is -0.137. The fourth-order valence-corrected chi connectivity index (χ4v) is 4.61. The van der Waals surface area contributed by atoms with Crippen LogP contribution in [0.2, 0.25) is 0 Å². The predicted molar refractivity (Wildman–Crippen MR) is 137 cm³/mol. The fraction of sp³-hybridized carbons (Fsp3) is 0.370. The third-order valence-corrected chi connectivity index (χ3v) is 7.02. The van der Waals surface area contributed by atoms with Crippen LogP contribution in [-0.4, -0.2) is 30.5 Å². The number of hydrogen-bond donors (Lipinski definition) is 2. The maximum absolute atomic E-state index is 13.1. The minimum Gasteiger partial charge on any atom is -0.365 e. The number of anilines is 2. The lowest BCUT2D eigenvalue weighted by Crippen LogP contribution is -2.31. The predicted octanol–water partition coefficient (Wildman–Crippen LogP) is 5.93. The monoisotopic (exact) mass is 520 g/mol. The Labute approximate surface area is 218 Å². The molecule has 196 valence electrons. The Balaban J connectivity index is 1.59. The Morgan fingerprint density at radius 3 is 2.42 bits per heavy atom. The first-order valence-electron chi connectivity index (χ1n) is 12.5. The highest BCUT2D eigenvalue weighted by Gasteiger charge is 2.30. The van der Waals surface area contributed by atoms with Crippen molar-refractivity contribution in [3.8, 4) is 6.07 Å². The van der Waals surface area contributed by atoms with E-state index in [4.69, 9.17) is 0 Å². The van der Waals surface area contributed by atoms with Crippen LogP contribution in [0.25, 0.3) is 11.2 Å². The quantitative estimate of drug-likeness (QED) is 0.297. The number of nitrogens with one attached hydrogen (secondary N) is 2. The van der Waals surface area contributed by atoms with E-state index in [1.54, 1.807) is 6.20 Å². The van der Waals surface area contributed by atoms with E-state index in [2.05, 4.69) is 37.5 Å². The fourth-order valence-electron chi connectivity index (χ4n) is 4.61. The molecule has 0 radical (unpaired) electrons. The van der Waals surface area contributed by atoms with Gasteiger partial charge in [0.1, 0.15) is 11.6 Å². The molecule has 3 heterocycles. The number of nitrogens with zero attached hydrogens (tertiary/aromatic N) is 6. The first kappa shape index (κ1) is 25.4. The van der Waals surface area contributed by atoms with E-state index >= 15 is 0 Å². The van der Waals surface area contributed by atoms with Crippen molar-refractivity contribution in [3.63, 3.8) is 0 Å². The van der Waals surface area contributed by atoms with E-state index < -0.39 is 11.7 Å². The van der Waals surface area contributed by atoms with Gasteiger partial charge in [-0.1, -0.05) is 24.6 Å². The number of alkyl halides is 3. The second-order valence-electron chi connectivity index (χ2n) is 9.64. The molecule has 3 aromatic heterocycles. The van der Waals surface area contributed by atoms with E-state index in [1.165, 1.54) is 18.6 Å². The normalized spacial score (nSPS) is 15.5. The van der Waals surface area contributed by atoms with Crippen LogP contribution in [0.5, 0.6) is 0 Å². The van der Waals surface area contributed by atoms with Crippen LogP contribution in [0, 0.1) is 17.2 Å². The molecule has 4 aromatic rings. The summed E-state index contributed by atoms with van der Waals surface area (Å²) in [6.07, 6.45) is 0.707. The highest BCUT2D eigenvalue weighted by molar-refractivity contribution is 5.86. The summed E-state index contributed by atoms with van der Waals surface area (Å²) in [7, 11) is 0. The van der Waals surface area contributed by atoms with Crippen molar-refractivity contribution in [2.45, 2.75) is 57.9 Å². The van der Waals surface area contributed by atoms with E-state index in [0.29, 0.717) is 34.4 Å². The van der Waals surface area contributed by atoms with E-state index in [1.807, 2.05) is 35.8 Å². The maximum Gasteiger partial charge on any atom is 0.416 e. The lowest BCUT2D eigenvalue weighted by Gasteiger charge is -2.32. The van der Waals surface area contributed by atoms with Gasteiger partial charge in [-0.05, 0) is 62.4 Å². The first-order valence-corrected chi connectivity index (χ1v) is 12.5. The summed E-state index contributed by atoms with van der Waals surface area (Å²) in [6, 6.07) is 12.6. The van der Waals surface area contributed by atoms with E-state index in [0.717, 1.165) is 30.7 Å². The minimum atomic E-state index is -4.42. The molecule has 2 N–H and O–H groups in total. The topological polar surface area (TPSA) is 104 Å². The van der Waals surface area contributed by atoms with Crippen LogP contribution >= 0.6 is 0 Å². The standard InChI is InChI=1S/C27H27F3N8/c1-16(19-6-5-7-19)33-24-23-25(36-22(14-31)35-24)37-26(34-17(2)21-8-3-4-13-32-21)38(23)15-18-9-11-20(12-10-18)27(28,29)30/h3-4,8-13,16-17,19H,5-7,15H2,1-2H3,(H2,33,34,35,36,37)/t16-,17?/m1/s1. The van der Waals surface area contributed by atoms with Gasteiger partial charge in [0.2, 0.25) is 11.8 Å². The molecule has 1 saturated carbocycles. The zero-order valence-electron chi connectivity index (χ0n) is 21.0. The SMILES string of the molecule is CC(Nc1nc2nc(C#N)nc(N[C@H](C)C3CCC3)c2n1Cc1ccc(C(F)(F)F)cc1)c1ccccn1. The van der Waals surface area contributed by atoms with E-state index in [-0.39, 0.29) is 24.5 Å². The van der Waals surface area contributed by atoms with Gasteiger partial charge in [-0.2, -0.15) is 33.4 Å². The number of aromatic nitrogens is 5. The molecule has 1 aliphatic rings. The van der Waals surface area contributed by atoms with Crippen LogP contribution in [-0.2, 0) is 12.7 Å². The van der Waals surface area contributed by atoms with Crippen LogP contribution < -0.4 is 10.6 Å². The molecule has 0 saturated heterocycles. The van der Waals surface area contributed by atoms with Gasteiger partial charge in [-0.3, -0.25) is 4.98 Å². The molecule has 8 nitrogen and oxygen atoms in total. The molecule has 0 amide bonds. The van der Waals surface area contributed by atoms with Gasteiger partial charge in [0.05, 0.1) is 23.8 Å². The second kappa shape index (κ2) is 10.3. The van der Waals surface area contributed by atoms with Crippen molar-refractivity contribution in [2.75, 3.05) is 10.6 Å². The summed E-state index contributed by atoms with van der Waals surface area (Å²) >= 11 is 0. The van der Waals surface area contributed by atoms with Crippen LogP contribution in [0.1, 0.15) is 61.8 Å². The molecule has 0 spiro atoms. The molecule has 1 aliphatic carbocycles. The van der Waals surface area contributed by atoms with Gasteiger partial charge in [-0.15, -0.1) is 0 Å². The molecule has 1 fully saturated rings. The van der Waals surface area contributed by atoms with Gasteiger partial charge in [0, 0.05) is 12.2 Å². The molecule has 38 heavy (non-hydrogen) atoms. The van der Waals surface area contributed by atoms with Crippen LogP contribution in [0.15, 0.2) is 48.7 Å². The number of rotatable bonds is 8. The van der Waals surface area contributed by atoms with Crippen molar-refractivity contribution in [1.29, 1.82) is 5.26 Å². The summed E-state index contributed by atoms with van der Waals surface area (Å²) in [5, 5.41) is 16.4. The number of hydrogen-bond acceptors (Lipinski definition) is 7. The summed E-state index contributed by atoms with van der Waals surface area (Å²) in [5.74, 6) is 1.41. The van der Waals surface area contributed by atoms with Crippen molar-refractivity contribution < 1.29 is 13.2 Å². The smallest absolute Gasteiger partial charge is 0.365 e. The number of pyridine rings is 1. The molecule has 11 heteroatoms. The number of benzene rings is 1. The minimum absolute atomic E-state index is 0.00989. The summed E-state index contributed by atoms with van der Waals surface area (Å²) < 4.78 is 41.3. The van der Waals surface area contributed by atoms with Gasteiger partial charge >= 0.3 is 6.18 Å². The summed E-state index contributed by atoms with van der Waals surface area (Å²) in [6.45, 7) is 4.24. The van der Waals surface area contributed by atoms with Crippen molar-refractivity contribution in [1.82, 2.24) is 24.5 Å². The van der Waals surface area contributed by atoms with Crippen molar-refractivity contribution >= 4 is 22.9 Å². The number of nitriles is 1. The highest BCUT2D eigenvalue weighted by Crippen LogP contribution is 2.34. The molecule has 5 rings (SSSR count). The molecule has 0 aliphatic heterocycles. The largest absolute Gasteiger partial charge is 0.416 e. The third-order valence-electron chi connectivity index (χ3n) is 7.02.